The zero-order chi connectivity index (χ0) is 19.5. The highest BCUT2D eigenvalue weighted by molar-refractivity contribution is 14.0. The molecule has 0 aliphatic carbocycles. The number of nitrogens with one attached hydrogen (secondary N) is 2. The molecule has 2 aromatic carbocycles. The maximum Gasteiger partial charge on any atom is 0.191 e. The molecule has 1 atom stereocenters. The van der Waals surface area contributed by atoms with E-state index in [-0.39, 0.29) is 30.1 Å². The first kappa shape index (κ1) is 23.9. The van der Waals surface area contributed by atoms with Gasteiger partial charge in [0.25, 0.3) is 0 Å². The van der Waals surface area contributed by atoms with E-state index < -0.39 is 0 Å². The molecule has 1 unspecified atom stereocenters. The number of hydrogen-bond acceptors (Lipinski definition) is 4. The maximum absolute atomic E-state index is 5.97. The van der Waals surface area contributed by atoms with E-state index >= 15 is 0 Å². The van der Waals surface area contributed by atoms with E-state index in [1.54, 1.807) is 14.2 Å². The van der Waals surface area contributed by atoms with Gasteiger partial charge in [0, 0.05) is 6.54 Å². The Labute approximate surface area is 184 Å². The number of aliphatic imine (C=N–C) groups is 1. The van der Waals surface area contributed by atoms with Gasteiger partial charge in [-0.05, 0) is 43.7 Å². The molecule has 154 valence electrons. The molecule has 0 aromatic heterocycles. The van der Waals surface area contributed by atoms with Gasteiger partial charge in [0.05, 0.1) is 27.3 Å². The molecule has 2 aromatic rings. The van der Waals surface area contributed by atoms with E-state index in [9.17, 15) is 0 Å². The van der Waals surface area contributed by atoms with Gasteiger partial charge in [0.2, 0.25) is 0 Å². The first-order chi connectivity index (χ1) is 13.2. The summed E-state index contributed by atoms with van der Waals surface area (Å²) in [5, 5.41) is 6.57. The van der Waals surface area contributed by atoms with Gasteiger partial charge >= 0.3 is 0 Å². The zero-order valence-electron chi connectivity index (χ0n) is 16.9. The van der Waals surface area contributed by atoms with Crippen molar-refractivity contribution in [2.24, 2.45) is 4.99 Å². The average Bonchev–Trinajstić information content (AvgIpc) is 2.70. The molecule has 28 heavy (non-hydrogen) atoms. The van der Waals surface area contributed by atoms with Crippen molar-refractivity contribution in [3.05, 3.63) is 54.1 Å². The Hall–Kier alpha value is -2.16. The smallest absolute Gasteiger partial charge is 0.191 e. The molecule has 0 saturated heterocycles. The Morgan fingerprint density at radius 1 is 1.00 bits per heavy atom. The third-order valence-electron chi connectivity index (χ3n) is 3.85. The molecule has 0 amide bonds. The van der Waals surface area contributed by atoms with Gasteiger partial charge in [0.15, 0.2) is 17.5 Å². The number of methoxy groups -OCH3 is 2. The van der Waals surface area contributed by atoms with Gasteiger partial charge in [-0.1, -0.05) is 24.3 Å². The van der Waals surface area contributed by atoms with Gasteiger partial charge in [-0.2, -0.15) is 0 Å². The summed E-state index contributed by atoms with van der Waals surface area (Å²) in [5.74, 6) is 3.03. The molecule has 2 rings (SSSR count). The summed E-state index contributed by atoms with van der Waals surface area (Å²) in [5.41, 5.74) is 1.09. The third kappa shape index (κ3) is 7.84. The lowest BCUT2D eigenvalue weighted by atomic mass is 10.2. The van der Waals surface area contributed by atoms with Crippen LogP contribution in [0.4, 0.5) is 0 Å². The highest BCUT2D eigenvalue weighted by atomic mass is 127. The highest BCUT2D eigenvalue weighted by Crippen LogP contribution is 2.26. The lowest BCUT2D eigenvalue weighted by Crippen LogP contribution is -2.41. The Kier molecular flexibility index (Phi) is 11.2. The second-order valence-corrected chi connectivity index (χ2v) is 6.01. The van der Waals surface area contributed by atoms with Crippen LogP contribution in [0.2, 0.25) is 0 Å². The molecule has 0 saturated carbocycles. The standard InChI is InChI=1S/C21H29N3O3.HI/c1-5-22-21(24-15-17-9-8-10-18(13-17)25-3)23-14-16(2)27-20-12-7-6-11-19(20)26-4;/h6-13,16H,5,14-15H2,1-4H3,(H2,22,23,24);1H. The minimum Gasteiger partial charge on any atom is -0.497 e. The lowest BCUT2D eigenvalue weighted by Gasteiger charge is -2.19. The van der Waals surface area contributed by atoms with E-state index in [2.05, 4.69) is 15.6 Å². The largest absolute Gasteiger partial charge is 0.497 e. The van der Waals surface area contributed by atoms with Crippen LogP contribution in [0.3, 0.4) is 0 Å². The second kappa shape index (κ2) is 13.1. The maximum atomic E-state index is 5.97. The topological polar surface area (TPSA) is 64.1 Å². The van der Waals surface area contributed by atoms with Crippen LogP contribution in [0.5, 0.6) is 17.2 Å². The first-order valence-corrected chi connectivity index (χ1v) is 9.11. The summed E-state index contributed by atoms with van der Waals surface area (Å²) >= 11 is 0. The van der Waals surface area contributed by atoms with Gasteiger partial charge in [-0.3, -0.25) is 0 Å². The molecular weight excluding hydrogens is 469 g/mol. The molecule has 0 aliphatic rings. The van der Waals surface area contributed by atoms with Crippen molar-refractivity contribution in [1.29, 1.82) is 0 Å². The van der Waals surface area contributed by atoms with Crippen molar-refractivity contribution in [3.8, 4) is 17.2 Å². The van der Waals surface area contributed by atoms with Crippen LogP contribution in [0.15, 0.2) is 53.5 Å². The normalized spacial score (nSPS) is 11.8. The Bertz CT molecular complexity index is 740. The van der Waals surface area contributed by atoms with Gasteiger partial charge < -0.3 is 24.8 Å². The second-order valence-electron chi connectivity index (χ2n) is 6.01. The van der Waals surface area contributed by atoms with Crippen LogP contribution < -0.4 is 24.8 Å². The van der Waals surface area contributed by atoms with E-state index in [4.69, 9.17) is 14.2 Å². The van der Waals surface area contributed by atoms with Crippen molar-refractivity contribution in [1.82, 2.24) is 10.6 Å². The number of halogens is 1. The number of nitrogens with zero attached hydrogens (tertiary/aromatic N) is 1. The molecule has 0 spiro atoms. The average molecular weight is 499 g/mol. The third-order valence-corrected chi connectivity index (χ3v) is 3.85. The zero-order valence-corrected chi connectivity index (χ0v) is 19.2. The molecule has 0 radical (unpaired) electrons. The minimum absolute atomic E-state index is 0. The summed E-state index contributed by atoms with van der Waals surface area (Å²) in [6, 6.07) is 15.5. The number of benzene rings is 2. The van der Waals surface area contributed by atoms with E-state index in [0.717, 1.165) is 35.3 Å². The number of ether oxygens (including phenoxy) is 3. The van der Waals surface area contributed by atoms with Crippen molar-refractivity contribution in [2.45, 2.75) is 26.5 Å². The molecule has 0 aliphatic heterocycles. The monoisotopic (exact) mass is 499 g/mol. The van der Waals surface area contributed by atoms with E-state index in [1.165, 1.54) is 0 Å². The van der Waals surface area contributed by atoms with Crippen molar-refractivity contribution in [3.63, 3.8) is 0 Å². The van der Waals surface area contributed by atoms with Crippen LogP contribution in [-0.2, 0) is 6.54 Å². The lowest BCUT2D eigenvalue weighted by molar-refractivity contribution is 0.213. The van der Waals surface area contributed by atoms with Crippen LogP contribution in [0.25, 0.3) is 0 Å². The Balaban J connectivity index is 0.00000392. The predicted molar refractivity (Wildman–Crippen MR) is 124 cm³/mol. The van der Waals surface area contributed by atoms with Crippen LogP contribution in [0.1, 0.15) is 19.4 Å². The quantitative estimate of drug-likeness (QED) is 0.312. The van der Waals surface area contributed by atoms with E-state index in [1.807, 2.05) is 62.4 Å². The fourth-order valence-corrected chi connectivity index (χ4v) is 2.50. The summed E-state index contributed by atoms with van der Waals surface area (Å²) < 4.78 is 16.6. The number of para-hydroxylation sites is 2. The van der Waals surface area contributed by atoms with Crippen LogP contribution >= 0.6 is 24.0 Å². The fourth-order valence-electron chi connectivity index (χ4n) is 2.50. The summed E-state index contributed by atoms with van der Waals surface area (Å²) in [4.78, 5) is 4.63. The van der Waals surface area contributed by atoms with Gasteiger partial charge in [0.1, 0.15) is 11.9 Å². The molecule has 7 heteroatoms. The van der Waals surface area contributed by atoms with Gasteiger partial charge in [-0.25, -0.2) is 4.99 Å². The van der Waals surface area contributed by atoms with Crippen molar-refractivity contribution < 1.29 is 14.2 Å². The van der Waals surface area contributed by atoms with Crippen LogP contribution in [0, 0.1) is 0 Å². The van der Waals surface area contributed by atoms with Crippen LogP contribution in [-0.4, -0.2) is 39.4 Å². The summed E-state index contributed by atoms with van der Waals surface area (Å²) in [6.45, 7) is 6.00. The molecule has 0 heterocycles. The first-order valence-electron chi connectivity index (χ1n) is 9.11. The number of rotatable bonds is 9. The predicted octanol–water partition coefficient (Wildman–Crippen LogP) is 3.84. The molecular formula is C21H30IN3O3. The number of guanidine groups is 1. The minimum atomic E-state index is -0.0537. The van der Waals surface area contributed by atoms with Crippen molar-refractivity contribution >= 4 is 29.9 Å². The molecule has 6 nitrogen and oxygen atoms in total. The Morgan fingerprint density at radius 3 is 2.43 bits per heavy atom. The van der Waals surface area contributed by atoms with E-state index in [0.29, 0.717) is 13.1 Å². The summed E-state index contributed by atoms with van der Waals surface area (Å²) in [6.07, 6.45) is -0.0537. The summed E-state index contributed by atoms with van der Waals surface area (Å²) in [7, 11) is 3.30. The SMILES string of the molecule is CCNC(=NCc1cccc(OC)c1)NCC(C)Oc1ccccc1OC.I. The van der Waals surface area contributed by atoms with Crippen molar-refractivity contribution in [2.75, 3.05) is 27.3 Å². The number of hydrogen-bond donors (Lipinski definition) is 2. The molecule has 0 fully saturated rings. The fraction of sp³-hybridized carbons (Fsp3) is 0.381. The van der Waals surface area contributed by atoms with Gasteiger partial charge in [-0.15, -0.1) is 24.0 Å². The molecule has 2 N–H and O–H groups in total. The Morgan fingerprint density at radius 2 is 1.75 bits per heavy atom. The highest BCUT2D eigenvalue weighted by Gasteiger charge is 2.09. The molecule has 0 bridgehead atoms.